The molecular weight excluding hydrogens is 206 g/mol. The summed E-state index contributed by atoms with van der Waals surface area (Å²) in [5.74, 6) is 0. The van der Waals surface area contributed by atoms with Gasteiger partial charge in [0.1, 0.15) is 5.01 Å². The number of hydrogen-bond donors (Lipinski definition) is 1. The Bertz CT molecular complexity index is 425. The highest BCUT2D eigenvalue weighted by Crippen LogP contribution is 2.21. The molecule has 0 bridgehead atoms. The third-order valence-electron chi connectivity index (χ3n) is 2.20. The lowest BCUT2D eigenvalue weighted by molar-refractivity contribution is 0.865. The first-order valence-electron chi connectivity index (χ1n) is 4.85. The van der Waals surface area contributed by atoms with E-state index in [4.69, 9.17) is 0 Å². The van der Waals surface area contributed by atoms with Crippen LogP contribution in [-0.4, -0.2) is 9.97 Å². The van der Waals surface area contributed by atoms with E-state index in [-0.39, 0.29) is 6.04 Å². The van der Waals surface area contributed by atoms with Gasteiger partial charge in [0.25, 0.3) is 0 Å². The largest absolute Gasteiger partial charge is 0.375 e. The third kappa shape index (κ3) is 2.33. The normalized spacial score (nSPS) is 12.4. The minimum atomic E-state index is 0.230. The highest BCUT2D eigenvalue weighted by molar-refractivity contribution is 7.09. The zero-order valence-corrected chi connectivity index (χ0v) is 9.58. The number of aromatic nitrogens is 2. The Hall–Kier alpha value is -1.42. The van der Waals surface area contributed by atoms with Crippen molar-refractivity contribution in [1.82, 2.24) is 9.97 Å². The zero-order valence-electron chi connectivity index (χ0n) is 8.77. The first-order chi connectivity index (χ1) is 7.27. The van der Waals surface area contributed by atoms with Crippen LogP contribution in [0.3, 0.4) is 0 Å². The first-order valence-corrected chi connectivity index (χ1v) is 5.73. The summed E-state index contributed by atoms with van der Waals surface area (Å²) in [7, 11) is 0. The fraction of sp³-hybridized carbons (Fsp3) is 0.273. The van der Waals surface area contributed by atoms with Crippen molar-refractivity contribution in [2.24, 2.45) is 0 Å². The average molecular weight is 219 g/mol. The van der Waals surface area contributed by atoms with Crippen LogP contribution < -0.4 is 5.32 Å². The van der Waals surface area contributed by atoms with Gasteiger partial charge >= 0.3 is 0 Å². The molecule has 15 heavy (non-hydrogen) atoms. The van der Waals surface area contributed by atoms with Gasteiger partial charge in [0.15, 0.2) is 0 Å². The van der Waals surface area contributed by atoms with Crippen molar-refractivity contribution in [2.45, 2.75) is 19.9 Å². The highest BCUT2D eigenvalue weighted by Gasteiger charge is 2.08. The second kappa shape index (κ2) is 4.40. The van der Waals surface area contributed by atoms with Crippen molar-refractivity contribution in [3.63, 3.8) is 0 Å². The summed E-state index contributed by atoms with van der Waals surface area (Å²) >= 11 is 1.66. The van der Waals surface area contributed by atoms with Gasteiger partial charge in [0.2, 0.25) is 0 Å². The Morgan fingerprint density at radius 3 is 2.87 bits per heavy atom. The van der Waals surface area contributed by atoms with E-state index in [2.05, 4.69) is 22.2 Å². The summed E-state index contributed by atoms with van der Waals surface area (Å²) in [5, 5.41) is 6.48. The summed E-state index contributed by atoms with van der Waals surface area (Å²) in [6.45, 7) is 4.10. The summed E-state index contributed by atoms with van der Waals surface area (Å²) in [4.78, 5) is 8.51. The molecule has 0 amide bonds. The summed E-state index contributed by atoms with van der Waals surface area (Å²) in [5.41, 5.74) is 2.08. The number of nitrogens with zero attached hydrogens (tertiary/aromatic N) is 2. The highest BCUT2D eigenvalue weighted by atomic mass is 32.1. The predicted molar refractivity (Wildman–Crippen MR) is 63.1 cm³/mol. The van der Waals surface area contributed by atoms with E-state index in [0.717, 1.165) is 16.4 Å². The minimum Gasteiger partial charge on any atom is -0.375 e. The maximum Gasteiger partial charge on any atom is 0.115 e. The van der Waals surface area contributed by atoms with Crippen LogP contribution >= 0.6 is 11.3 Å². The van der Waals surface area contributed by atoms with Crippen molar-refractivity contribution < 1.29 is 0 Å². The number of aryl methyl sites for hydroxylation is 1. The predicted octanol–water partition coefficient (Wildman–Crippen LogP) is 3.02. The number of thiazole rings is 1. The summed E-state index contributed by atoms with van der Waals surface area (Å²) in [6, 6.07) is 4.20. The smallest absolute Gasteiger partial charge is 0.115 e. The molecule has 0 saturated heterocycles. The van der Waals surface area contributed by atoms with E-state index in [1.807, 2.05) is 30.6 Å². The Kier molecular flexibility index (Phi) is 2.97. The second-order valence-electron chi connectivity index (χ2n) is 3.37. The topological polar surface area (TPSA) is 37.8 Å². The minimum absolute atomic E-state index is 0.230. The molecule has 0 aliphatic rings. The second-order valence-corrected chi connectivity index (χ2v) is 4.30. The monoisotopic (exact) mass is 219 g/mol. The number of hydrogen-bond acceptors (Lipinski definition) is 4. The molecule has 4 heteroatoms. The molecular formula is C11H13N3S. The molecule has 2 heterocycles. The van der Waals surface area contributed by atoms with Gasteiger partial charge in [-0.3, -0.25) is 4.98 Å². The Labute approximate surface area is 93.2 Å². The van der Waals surface area contributed by atoms with Gasteiger partial charge in [-0.2, -0.15) is 0 Å². The molecule has 0 aliphatic carbocycles. The molecule has 0 saturated carbocycles. The molecule has 1 N–H and O–H groups in total. The molecule has 2 aromatic heterocycles. The van der Waals surface area contributed by atoms with Gasteiger partial charge in [-0.05, 0) is 26.0 Å². The number of rotatable bonds is 3. The first kappa shape index (κ1) is 10.1. The standard InChI is InChI=1S/C11H13N3S/c1-8-10(4-3-5-12-8)14-9(2)11-13-6-7-15-11/h3-7,9,14H,1-2H3/t9-/m0/s1. The van der Waals surface area contributed by atoms with Gasteiger partial charge in [0.05, 0.1) is 17.4 Å². The van der Waals surface area contributed by atoms with E-state index in [1.165, 1.54) is 0 Å². The summed E-state index contributed by atoms with van der Waals surface area (Å²) < 4.78 is 0. The molecule has 2 aromatic rings. The molecule has 0 spiro atoms. The van der Waals surface area contributed by atoms with Gasteiger partial charge in [-0.15, -0.1) is 11.3 Å². The average Bonchev–Trinajstić information content (AvgIpc) is 2.74. The number of anilines is 1. The van der Waals surface area contributed by atoms with Crippen molar-refractivity contribution in [1.29, 1.82) is 0 Å². The molecule has 0 fully saturated rings. The van der Waals surface area contributed by atoms with Crippen molar-refractivity contribution in [3.8, 4) is 0 Å². The van der Waals surface area contributed by atoms with Crippen molar-refractivity contribution in [3.05, 3.63) is 40.6 Å². The van der Waals surface area contributed by atoms with E-state index >= 15 is 0 Å². The maximum absolute atomic E-state index is 4.28. The molecule has 0 radical (unpaired) electrons. The lowest BCUT2D eigenvalue weighted by atomic mass is 10.2. The van der Waals surface area contributed by atoms with E-state index in [1.54, 1.807) is 17.5 Å². The lowest BCUT2D eigenvalue weighted by Gasteiger charge is -2.13. The third-order valence-corrected chi connectivity index (χ3v) is 3.16. The van der Waals surface area contributed by atoms with E-state index < -0.39 is 0 Å². The van der Waals surface area contributed by atoms with Gasteiger partial charge in [-0.1, -0.05) is 0 Å². The van der Waals surface area contributed by atoms with Crippen molar-refractivity contribution >= 4 is 17.0 Å². The van der Waals surface area contributed by atoms with Crippen LogP contribution in [0, 0.1) is 6.92 Å². The molecule has 0 aliphatic heterocycles. The van der Waals surface area contributed by atoms with Gasteiger partial charge in [0, 0.05) is 17.8 Å². The van der Waals surface area contributed by atoms with Crippen molar-refractivity contribution in [2.75, 3.05) is 5.32 Å². The number of pyridine rings is 1. The van der Waals surface area contributed by atoms with Crippen LogP contribution in [0.5, 0.6) is 0 Å². The van der Waals surface area contributed by atoms with Crippen LogP contribution in [0.2, 0.25) is 0 Å². The molecule has 1 atom stereocenters. The van der Waals surface area contributed by atoms with Crippen LogP contribution in [0.15, 0.2) is 29.9 Å². The Morgan fingerprint density at radius 2 is 2.20 bits per heavy atom. The number of nitrogens with one attached hydrogen (secondary N) is 1. The molecule has 2 rings (SSSR count). The Morgan fingerprint density at radius 1 is 1.33 bits per heavy atom. The molecule has 78 valence electrons. The van der Waals surface area contributed by atoms with Crippen LogP contribution in [0.1, 0.15) is 23.7 Å². The quantitative estimate of drug-likeness (QED) is 0.862. The van der Waals surface area contributed by atoms with Gasteiger partial charge < -0.3 is 5.32 Å². The lowest BCUT2D eigenvalue weighted by Crippen LogP contribution is -2.07. The maximum atomic E-state index is 4.28. The van der Waals surface area contributed by atoms with Crippen LogP contribution in [0.4, 0.5) is 5.69 Å². The van der Waals surface area contributed by atoms with E-state index in [9.17, 15) is 0 Å². The van der Waals surface area contributed by atoms with Crippen LogP contribution in [0.25, 0.3) is 0 Å². The van der Waals surface area contributed by atoms with Crippen LogP contribution in [-0.2, 0) is 0 Å². The Balaban J connectivity index is 2.13. The van der Waals surface area contributed by atoms with E-state index in [0.29, 0.717) is 0 Å². The van der Waals surface area contributed by atoms with Gasteiger partial charge in [-0.25, -0.2) is 4.98 Å². The fourth-order valence-corrected chi connectivity index (χ4v) is 2.03. The fourth-order valence-electron chi connectivity index (χ4n) is 1.38. The molecule has 0 unspecified atom stereocenters. The SMILES string of the molecule is Cc1ncccc1N[C@@H](C)c1nccs1. The summed E-state index contributed by atoms with van der Waals surface area (Å²) in [6.07, 6.45) is 3.63. The molecule has 0 aromatic carbocycles. The zero-order chi connectivity index (χ0) is 10.7. The molecule has 3 nitrogen and oxygen atoms in total.